The number of ketones is 1. The normalized spacial score (nSPS) is 19.5. The number of nitrogens with zero attached hydrogens (tertiary/aromatic N) is 1. The number of halogens is 1. The van der Waals surface area contributed by atoms with Gasteiger partial charge in [-0.3, -0.25) is 9.59 Å². The van der Waals surface area contributed by atoms with Gasteiger partial charge in [0.15, 0.2) is 17.3 Å². The highest BCUT2D eigenvalue weighted by molar-refractivity contribution is 9.10. The minimum atomic E-state index is -0.526. The smallest absolute Gasteiger partial charge is 0.253 e. The van der Waals surface area contributed by atoms with Crippen LogP contribution in [-0.2, 0) is 0 Å². The molecule has 0 atom stereocenters. The molecule has 0 aromatic heterocycles. The van der Waals surface area contributed by atoms with Crippen LogP contribution in [0.2, 0.25) is 0 Å². The molecule has 29 heavy (non-hydrogen) atoms. The van der Waals surface area contributed by atoms with Crippen LogP contribution >= 0.6 is 15.9 Å². The summed E-state index contributed by atoms with van der Waals surface area (Å²) < 4.78 is 18.3. The highest BCUT2D eigenvalue weighted by atomic mass is 79.9. The molecule has 2 aromatic rings. The molecule has 0 bridgehead atoms. The Hall–Kier alpha value is -2.54. The Morgan fingerprint density at radius 2 is 1.69 bits per heavy atom. The number of Topliss-reactive ketones (excluding diaryl/α,β-unsaturated/α-hetero) is 1. The first-order valence-electron chi connectivity index (χ1n) is 9.74. The van der Waals surface area contributed by atoms with Gasteiger partial charge in [0.1, 0.15) is 24.6 Å². The minimum absolute atomic E-state index is 0.0386. The van der Waals surface area contributed by atoms with Crippen molar-refractivity contribution < 1.29 is 23.8 Å². The molecular formula is C22H20BrNO5. The van der Waals surface area contributed by atoms with Crippen molar-refractivity contribution in [2.75, 3.05) is 26.3 Å². The maximum atomic E-state index is 13.0. The predicted molar refractivity (Wildman–Crippen MR) is 109 cm³/mol. The molecule has 1 saturated heterocycles. The molecule has 3 heterocycles. The molecule has 150 valence electrons. The van der Waals surface area contributed by atoms with E-state index in [9.17, 15) is 9.59 Å². The fourth-order valence-corrected chi connectivity index (χ4v) is 4.58. The number of hydrogen-bond acceptors (Lipinski definition) is 5. The number of hydrogen-bond donors (Lipinski definition) is 0. The number of piperidine rings is 1. The molecule has 3 aliphatic heterocycles. The van der Waals surface area contributed by atoms with Crippen LogP contribution in [-0.4, -0.2) is 48.5 Å². The van der Waals surface area contributed by atoms with Gasteiger partial charge in [0.05, 0.1) is 12.0 Å². The predicted octanol–water partition coefficient (Wildman–Crippen LogP) is 3.86. The molecule has 3 aliphatic rings. The van der Waals surface area contributed by atoms with Crippen LogP contribution in [0.3, 0.4) is 0 Å². The number of amides is 1. The lowest BCUT2D eigenvalue weighted by molar-refractivity contribution is -0.00573. The molecule has 0 aliphatic carbocycles. The molecule has 5 rings (SSSR count). The molecule has 0 unspecified atom stereocenters. The van der Waals surface area contributed by atoms with Crippen LogP contribution in [0.15, 0.2) is 40.9 Å². The van der Waals surface area contributed by atoms with Crippen LogP contribution in [0, 0.1) is 0 Å². The largest absolute Gasteiger partial charge is 0.486 e. The van der Waals surface area contributed by atoms with E-state index in [1.54, 1.807) is 18.2 Å². The summed E-state index contributed by atoms with van der Waals surface area (Å²) in [7, 11) is 0. The van der Waals surface area contributed by atoms with Crippen molar-refractivity contribution in [3.05, 3.63) is 52.0 Å². The first-order chi connectivity index (χ1) is 14.0. The minimum Gasteiger partial charge on any atom is -0.486 e. The molecule has 6 nitrogen and oxygen atoms in total. The topological polar surface area (TPSA) is 65.1 Å². The zero-order valence-corrected chi connectivity index (χ0v) is 17.4. The van der Waals surface area contributed by atoms with E-state index in [-0.39, 0.29) is 11.7 Å². The molecule has 1 fully saturated rings. The van der Waals surface area contributed by atoms with Gasteiger partial charge in [0, 0.05) is 36.0 Å². The quantitative estimate of drug-likeness (QED) is 0.650. The molecule has 7 heteroatoms. The highest BCUT2D eigenvalue weighted by Crippen LogP contribution is 2.40. The molecule has 0 radical (unpaired) electrons. The monoisotopic (exact) mass is 457 g/mol. The third kappa shape index (κ3) is 3.37. The van der Waals surface area contributed by atoms with Gasteiger partial charge in [-0.25, -0.2) is 0 Å². The number of fused-ring (bicyclic) bond motifs is 2. The van der Waals surface area contributed by atoms with E-state index in [1.165, 1.54) is 0 Å². The number of benzene rings is 2. The third-order valence-corrected chi connectivity index (χ3v) is 6.30. The van der Waals surface area contributed by atoms with Crippen molar-refractivity contribution in [1.29, 1.82) is 0 Å². The van der Waals surface area contributed by atoms with Crippen molar-refractivity contribution in [1.82, 2.24) is 4.90 Å². The first kappa shape index (κ1) is 18.5. The summed E-state index contributed by atoms with van der Waals surface area (Å²) in [4.78, 5) is 27.5. The Morgan fingerprint density at radius 3 is 2.48 bits per heavy atom. The van der Waals surface area contributed by atoms with E-state index in [2.05, 4.69) is 15.9 Å². The van der Waals surface area contributed by atoms with E-state index < -0.39 is 5.60 Å². The average Bonchev–Trinajstić information content (AvgIpc) is 2.74. The average molecular weight is 458 g/mol. The SMILES string of the molecule is O=C1CC2(CCN(C(=O)c3ccc4c(c3)OCCO4)CC2)Oc2ccc(Br)cc21. The van der Waals surface area contributed by atoms with Crippen molar-refractivity contribution in [3.8, 4) is 17.2 Å². The van der Waals surface area contributed by atoms with Crippen LogP contribution < -0.4 is 14.2 Å². The fraction of sp³-hybridized carbons (Fsp3) is 0.364. The fourth-order valence-electron chi connectivity index (χ4n) is 4.22. The number of likely N-dealkylation sites (tertiary alicyclic amines) is 1. The second-order valence-electron chi connectivity index (χ2n) is 7.68. The summed E-state index contributed by atoms with van der Waals surface area (Å²) in [5.41, 5.74) is 0.683. The van der Waals surface area contributed by atoms with E-state index in [0.717, 1.165) is 4.47 Å². The summed E-state index contributed by atoms with van der Waals surface area (Å²) in [6.07, 6.45) is 1.61. The van der Waals surface area contributed by atoms with Gasteiger partial charge in [0.2, 0.25) is 0 Å². The van der Waals surface area contributed by atoms with Gasteiger partial charge in [-0.1, -0.05) is 15.9 Å². The van der Waals surface area contributed by atoms with Crippen LogP contribution in [0.5, 0.6) is 17.2 Å². The third-order valence-electron chi connectivity index (χ3n) is 5.80. The maximum absolute atomic E-state index is 13.0. The Balaban J connectivity index is 1.30. The van der Waals surface area contributed by atoms with Crippen molar-refractivity contribution in [3.63, 3.8) is 0 Å². The Morgan fingerprint density at radius 1 is 0.966 bits per heavy atom. The van der Waals surface area contributed by atoms with Crippen molar-refractivity contribution in [2.24, 2.45) is 0 Å². The Kier molecular flexibility index (Phi) is 4.50. The van der Waals surface area contributed by atoms with E-state index >= 15 is 0 Å². The molecule has 1 spiro atoms. The zero-order valence-electron chi connectivity index (χ0n) is 15.8. The molecule has 1 amide bonds. The van der Waals surface area contributed by atoms with Gasteiger partial charge in [-0.05, 0) is 36.4 Å². The van der Waals surface area contributed by atoms with E-state index in [0.29, 0.717) is 73.9 Å². The summed E-state index contributed by atoms with van der Waals surface area (Å²) in [6.45, 7) is 2.10. The molecule has 0 saturated carbocycles. The lowest BCUT2D eigenvalue weighted by Gasteiger charge is -2.44. The maximum Gasteiger partial charge on any atom is 0.253 e. The second-order valence-corrected chi connectivity index (χ2v) is 8.59. The van der Waals surface area contributed by atoms with Crippen LogP contribution in [0.25, 0.3) is 0 Å². The Labute approximate surface area is 176 Å². The first-order valence-corrected chi connectivity index (χ1v) is 10.5. The summed E-state index contributed by atoms with van der Waals surface area (Å²) in [6, 6.07) is 10.8. The number of carbonyl (C=O) groups is 2. The summed E-state index contributed by atoms with van der Waals surface area (Å²) >= 11 is 3.41. The molecular weight excluding hydrogens is 438 g/mol. The number of rotatable bonds is 1. The van der Waals surface area contributed by atoms with E-state index in [1.807, 2.05) is 23.1 Å². The zero-order chi connectivity index (χ0) is 20.0. The van der Waals surface area contributed by atoms with Gasteiger partial charge in [-0.15, -0.1) is 0 Å². The van der Waals surface area contributed by atoms with Crippen molar-refractivity contribution in [2.45, 2.75) is 24.9 Å². The number of ether oxygens (including phenoxy) is 3. The second kappa shape index (κ2) is 7.06. The highest BCUT2D eigenvalue weighted by Gasteiger charge is 2.43. The lowest BCUT2D eigenvalue weighted by atomic mass is 9.82. The number of carbonyl (C=O) groups excluding carboxylic acids is 2. The molecule has 2 aromatic carbocycles. The summed E-state index contributed by atoms with van der Waals surface area (Å²) in [5, 5.41) is 0. The van der Waals surface area contributed by atoms with Gasteiger partial charge in [0.25, 0.3) is 5.91 Å². The summed E-state index contributed by atoms with van der Waals surface area (Å²) in [5.74, 6) is 1.97. The van der Waals surface area contributed by atoms with Gasteiger partial charge >= 0.3 is 0 Å². The Bertz CT molecular complexity index is 997. The molecule has 0 N–H and O–H groups in total. The van der Waals surface area contributed by atoms with E-state index in [4.69, 9.17) is 14.2 Å². The lowest BCUT2D eigenvalue weighted by Crippen LogP contribution is -2.52. The van der Waals surface area contributed by atoms with Gasteiger partial charge in [-0.2, -0.15) is 0 Å². The standard InChI is InChI=1S/C22H20BrNO5/c23-15-2-4-18-16(12-15)17(25)13-22(29-18)5-7-24(8-6-22)21(26)14-1-3-19-20(11-14)28-10-9-27-19/h1-4,11-12H,5-10,13H2. The van der Waals surface area contributed by atoms with Crippen LogP contribution in [0.4, 0.5) is 0 Å². The van der Waals surface area contributed by atoms with Gasteiger partial charge < -0.3 is 19.1 Å². The van der Waals surface area contributed by atoms with Crippen molar-refractivity contribution >= 4 is 27.6 Å². The van der Waals surface area contributed by atoms with Crippen LogP contribution in [0.1, 0.15) is 40.0 Å².